The second kappa shape index (κ2) is 30.6. The largest absolute Gasteiger partial charge is 0.259 e. The van der Waals surface area contributed by atoms with Crippen molar-refractivity contribution in [1.29, 1.82) is 0 Å². The summed E-state index contributed by atoms with van der Waals surface area (Å²) in [6.07, 6.45) is 3.37. The highest BCUT2D eigenvalue weighted by atomic mass is 35.5. The van der Waals surface area contributed by atoms with Crippen molar-refractivity contribution >= 4 is 23.2 Å². The lowest BCUT2D eigenvalue weighted by Gasteiger charge is -2.06. The zero-order chi connectivity index (χ0) is 46.2. The van der Waals surface area contributed by atoms with Crippen LogP contribution in [0.3, 0.4) is 0 Å². The van der Waals surface area contributed by atoms with Crippen LogP contribution in [0.15, 0.2) is 122 Å². The average molecular weight is 887 g/mol. The van der Waals surface area contributed by atoms with Gasteiger partial charge in [0, 0.05) is 34.5 Å². The Kier molecular flexibility index (Phi) is 28.4. The van der Waals surface area contributed by atoms with Crippen molar-refractivity contribution in [3.8, 4) is 0 Å². The van der Waals surface area contributed by atoms with Crippen LogP contribution < -0.4 is 0 Å². The minimum atomic E-state index is -0.194. The van der Waals surface area contributed by atoms with Crippen LogP contribution in [0.25, 0.3) is 0 Å². The molecule has 3 aromatic carbocycles. The number of benzene rings is 3. The highest BCUT2D eigenvalue weighted by Crippen LogP contribution is 2.20. The van der Waals surface area contributed by atoms with Crippen LogP contribution in [0.1, 0.15) is 177 Å². The van der Waals surface area contributed by atoms with E-state index >= 15 is 0 Å². The van der Waals surface area contributed by atoms with Gasteiger partial charge in [0.1, 0.15) is 11.6 Å². The molecule has 3 nitrogen and oxygen atoms in total. The Balaban J connectivity index is 0.000000719. The molecule has 0 bridgehead atoms. The van der Waals surface area contributed by atoms with Gasteiger partial charge in [-0.15, -0.1) is 0 Å². The van der Waals surface area contributed by atoms with Gasteiger partial charge in [0.25, 0.3) is 0 Å². The summed E-state index contributed by atoms with van der Waals surface area (Å²) in [5.74, 6) is 2.44. The van der Waals surface area contributed by atoms with Crippen LogP contribution in [0.5, 0.6) is 0 Å². The van der Waals surface area contributed by atoms with Crippen molar-refractivity contribution in [2.75, 3.05) is 0 Å². The summed E-state index contributed by atoms with van der Waals surface area (Å²) in [5.41, 5.74) is 9.32. The maximum atomic E-state index is 13.1. The highest BCUT2D eigenvalue weighted by Gasteiger charge is 2.07. The molecule has 0 fully saturated rings. The SMILES string of the molecule is C.CC(C)c1ccc(Cl)cc1.CC(C)c1ccc(Cl)cn1.CC(C)c1ccccc1.Cc1ccc(C(C)C)c(F)c1.Cc1cccc(C(C)C)n1.Cc1cnc(C(C)C)c(F)c1. The predicted octanol–water partition coefficient (Wildman–Crippen LogP) is 18.2. The maximum Gasteiger partial charge on any atom is 0.145 e. The van der Waals surface area contributed by atoms with Gasteiger partial charge in [0.05, 0.1) is 10.7 Å². The first-order valence-electron chi connectivity index (χ1n) is 21.4. The summed E-state index contributed by atoms with van der Waals surface area (Å²) in [5, 5.41) is 1.51. The van der Waals surface area contributed by atoms with E-state index in [1.165, 1.54) is 22.9 Å². The number of pyridine rings is 3. The minimum absolute atomic E-state index is 0. The summed E-state index contributed by atoms with van der Waals surface area (Å²) in [4.78, 5) is 12.5. The monoisotopic (exact) mass is 886 g/mol. The fraction of sp³-hybridized carbons (Fsp3) is 0.400. The van der Waals surface area contributed by atoms with E-state index in [9.17, 15) is 8.78 Å². The summed E-state index contributed by atoms with van der Waals surface area (Å²) >= 11 is 11.4. The van der Waals surface area contributed by atoms with Crippen LogP contribution >= 0.6 is 23.2 Å². The molecule has 0 N–H and O–H groups in total. The van der Waals surface area contributed by atoms with Crippen LogP contribution in [-0.2, 0) is 0 Å². The summed E-state index contributed by atoms with van der Waals surface area (Å²) in [7, 11) is 0. The van der Waals surface area contributed by atoms with Gasteiger partial charge in [0.15, 0.2) is 0 Å². The molecule has 7 heteroatoms. The molecule has 0 unspecified atom stereocenters. The first-order valence-corrected chi connectivity index (χ1v) is 22.1. The van der Waals surface area contributed by atoms with Gasteiger partial charge < -0.3 is 0 Å². The fourth-order valence-electron chi connectivity index (χ4n) is 5.37. The van der Waals surface area contributed by atoms with E-state index in [0.29, 0.717) is 34.4 Å². The number of rotatable bonds is 6. The van der Waals surface area contributed by atoms with Crippen molar-refractivity contribution in [2.24, 2.45) is 0 Å². The van der Waals surface area contributed by atoms with Crippen molar-refractivity contribution in [1.82, 2.24) is 15.0 Å². The number of halogens is 4. The van der Waals surface area contributed by atoms with Crippen molar-refractivity contribution in [3.63, 3.8) is 0 Å². The van der Waals surface area contributed by atoms with E-state index < -0.39 is 0 Å². The lowest BCUT2D eigenvalue weighted by atomic mass is 10.0. The molecule has 0 radical (unpaired) electrons. The zero-order valence-corrected chi connectivity index (χ0v) is 40.9. The maximum absolute atomic E-state index is 13.1. The Morgan fingerprint density at radius 1 is 0.435 bits per heavy atom. The van der Waals surface area contributed by atoms with E-state index in [0.717, 1.165) is 33.1 Å². The zero-order valence-electron chi connectivity index (χ0n) is 39.4. The Bertz CT molecular complexity index is 1970. The molecule has 6 aromatic rings. The summed E-state index contributed by atoms with van der Waals surface area (Å²) in [6.45, 7) is 30.9. The topological polar surface area (TPSA) is 38.7 Å². The van der Waals surface area contributed by atoms with Gasteiger partial charge in [0.2, 0.25) is 0 Å². The van der Waals surface area contributed by atoms with E-state index in [1.807, 2.05) is 97.0 Å². The molecule has 0 amide bonds. The molecule has 0 aliphatic carbocycles. The van der Waals surface area contributed by atoms with E-state index in [2.05, 4.69) is 119 Å². The molecule has 0 saturated carbocycles. The lowest BCUT2D eigenvalue weighted by Crippen LogP contribution is -1.97. The van der Waals surface area contributed by atoms with Crippen LogP contribution in [-0.4, -0.2) is 15.0 Å². The quantitative estimate of drug-likeness (QED) is 0.167. The van der Waals surface area contributed by atoms with Crippen molar-refractivity contribution in [2.45, 2.75) is 147 Å². The normalized spacial score (nSPS) is 10.3. The molecule has 0 aliphatic heterocycles. The predicted molar refractivity (Wildman–Crippen MR) is 267 cm³/mol. The van der Waals surface area contributed by atoms with Crippen LogP contribution in [0, 0.1) is 32.4 Å². The smallest absolute Gasteiger partial charge is 0.145 e. The van der Waals surface area contributed by atoms with E-state index in [-0.39, 0.29) is 30.9 Å². The molecular formula is C55H75Cl2F2N3. The third-order valence-electron chi connectivity index (χ3n) is 9.18. The standard InChI is InChI=1S/C10H13F.C9H11Cl.C9H12FN.C9H13N.C9H12.C8H10ClN.CH4/c1-7(2)9-5-4-8(3)6-10(9)11;1-7(2)8-3-5-9(10)6-4-8;1-6(2)9-8(10)4-7(3)5-11-9;1-7(2)9-6-4-5-8(3)10-9;1-8(2)9-6-4-3-5-7-9;1-6(2)8-4-3-7(9)5-10-8;/h4-7H,1-3H3;3-7H,1-2H3;4-6H,1-3H3;4-7H,1-3H3;3-8H,1-2H3;3-6H,1-2H3;1H4. The number of hydrogen-bond acceptors (Lipinski definition) is 3. The van der Waals surface area contributed by atoms with Crippen molar-refractivity contribution < 1.29 is 8.78 Å². The molecule has 3 heterocycles. The molecular weight excluding hydrogens is 812 g/mol. The minimum Gasteiger partial charge on any atom is -0.259 e. The Morgan fingerprint density at radius 3 is 1.37 bits per heavy atom. The number of aryl methyl sites for hydroxylation is 3. The number of aromatic nitrogens is 3. The molecule has 0 aliphatic rings. The second-order valence-electron chi connectivity index (χ2n) is 16.9. The molecule has 3 aromatic heterocycles. The van der Waals surface area contributed by atoms with Gasteiger partial charge in [-0.2, -0.15) is 0 Å². The Labute approximate surface area is 385 Å². The van der Waals surface area contributed by atoms with Gasteiger partial charge in [-0.05, 0) is 133 Å². The number of hydrogen-bond donors (Lipinski definition) is 0. The average Bonchev–Trinajstić information content (AvgIpc) is 3.19. The van der Waals surface area contributed by atoms with Crippen molar-refractivity contribution in [3.05, 3.63) is 194 Å². The van der Waals surface area contributed by atoms with Crippen LogP contribution in [0.2, 0.25) is 10.0 Å². The Morgan fingerprint density at radius 2 is 0.968 bits per heavy atom. The number of nitrogens with zero attached hydrogens (tertiary/aromatic N) is 3. The highest BCUT2D eigenvalue weighted by molar-refractivity contribution is 6.30. The van der Waals surface area contributed by atoms with Gasteiger partial charge in [-0.1, -0.05) is 174 Å². The first-order chi connectivity index (χ1) is 28.6. The lowest BCUT2D eigenvalue weighted by molar-refractivity contribution is 0.583. The summed E-state index contributed by atoms with van der Waals surface area (Å²) in [6, 6.07) is 35.4. The molecule has 0 spiro atoms. The molecule has 0 atom stereocenters. The van der Waals surface area contributed by atoms with Gasteiger partial charge in [-0.25, -0.2) is 8.78 Å². The third kappa shape index (κ3) is 23.7. The van der Waals surface area contributed by atoms with Crippen LogP contribution in [0.4, 0.5) is 8.78 Å². The molecule has 6 rings (SSSR count). The molecule has 338 valence electrons. The van der Waals surface area contributed by atoms with Gasteiger partial charge in [-0.3, -0.25) is 15.0 Å². The first kappa shape index (κ1) is 57.5. The van der Waals surface area contributed by atoms with Gasteiger partial charge >= 0.3 is 0 Å². The fourth-order valence-corrected chi connectivity index (χ4v) is 5.61. The second-order valence-corrected chi connectivity index (χ2v) is 17.8. The molecule has 0 saturated heterocycles. The summed E-state index contributed by atoms with van der Waals surface area (Å²) < 4.78 is 26.1. The Hall–Kier alpha value is -4.45. The third-order valence-corrected chi connectivity index (χ3v) is 9.65. The van der Waals surface area contributed by atoms with E-state index in [1.54, 1.807) is 18.5 Å². The molecule has 62 heavy (non-hydrogen) atoms. The van der Waals surface area contributed by atoms with E-state index in [4.69, 9.17) is 23.2 Å².